The summed E-state index contributed by atoms with van der Waals surface area (Å²) < 4.78 is 10.7. The van der Waals surface area contributed by atoms with Crippen LogP contribution in [0.15, 0.2) is 24.3 Å². The van der Waals surface area contributed by atoms with E-state index in [1.54, 1.807) is 7.11 Å². The summed E-state index contributed by atoms with van der Waals surface area (Å²) in [4.78, 5) is 0. The highest BCUT2D eigenvalue weighted by atomic mass is 35.5. The van der Waals surface area contributed by atoms with Crippen LogP contribution in [-0.4, -0.2) is 30.3 Å². The predicted molar refractivity (Wildman–Crippen MR) is 62.0 cm³/mol. The van der Waals surface area contributed by atoms with E-state index in [4.69, 9.17) is 21.1 Å². The second-order valence-electron chi connectivity index (χ2n) is 3.91. The minimum atomic E-state index is -0.498. The average Bonchev–Trinajstić information content (AvgIpc) is 2.33. The molecule has 0 amide bonds. The molecule has 3 nitrogen and oxygen atoms in total. The maximum absolute atomic E-state index is 9.67. The molecule has 1 N–H and O–H groups in total. The lowest BCUT2D eigenvalue weighted by Crippen LogP contribution is -2.34. The van der Waals surface area contributed by atoms with E-state index in [1.807, 2.05) is 24.3 Å². The summed E-state index contributed by atoms with van der Waals surface area (Å²) in [5.41, 5.74) is 1.04. The van der Waals surface area contributed by atoms with Crippen LogP contribution in [0, 0.1) is 0 Å². The molecular weight excluding hydrogens is 228 g/mol. The van der Waals surface area contributed by atoms with Gasteiger partial charge in [0.2, 0.25) is 0 Å². The van der Waals surface area contributed by atoms with Gasteiger partial charge < -0.3 is 14.6 Å². The average molecular weight is 243 g/mol. The van der Waals surface area contributed by atoms with Crippen LogP contribution in [0.1, 0.15) is 18.1 Å². The van der Waals surface area contributed by atoms with Gasteiger partial charge in [0, 0.05) is 6.42 Å². The predicted octanol–water partition coefficient (Wildman–Crippen LogP) is 2.12. The van der Waals surface area contributed by atoms with E-state index in [0.717, 1.165) is 11.3 Å². The lowest BCUT2D eigenvalue weighted by atomic mass is 9.99. The Morgan fingerprint density at radius 1 is 1.38 bits per heavy atom. The Labute approximate surface area is 99.9 Å². The third kappa shape index (κ3) is 2.48. The van der Waals surface area contributed by atoms with Crippen LogP contribution in [0.4, 0.5) is 0 Å². The largest absolute Gasteiger partial charge is 0.497 e. The minimum Gasteiger partial charge on any atom is -0.497 e. The topological polar surface area (TPSA) is 38.7 Å². The van der Waals surface area contributed by atoms with E-state index in [-0.39, 0.29) is 11.5 Å². The first kappa shape index (κ1) is 11.7. The molecule has 1 saturated heterocycles. The molecule has 1 fully saturated rings. The van der Waals surface area contributed by atoms with Crippen LogP contribution in [-0.2, 0) is 4.74 Å². The lowest BCUT2D eigenvalue weighted by molar-refractivity contribution is -0.0414. The standard InChI is InChI=1S/C12H15ClO3/c1-15-9-4-2-8(3-5-9)12-6-11(14)10(13)7-16-12/h2-5,10-12,14H,6-7H2,1H3/t10-,11-,12+/m0/s1. The fourth-order valence-electron chi connectivity index (χ4n) is 1.81. The Morgan fingerprint density at radius 2 is 2.06 bits per heavy atom. The summed E-state index contributed by atoms with van der Waals surface area (Å²) in [5, 5.41) is 9.38. The first-order valence-electron chi connectivity index (χ1n) is 5.28. The SMILES string of the molecule is COc1ccc([C@H]2C[C@H](O)[C@@H](Cl)CO2)cc1. The summed E-state index contributed by atoms with van der Waals surface area (Å²) in [6.07, 6.45) is -0.0287. The molecule has 1 aromatic rings. The van der Waals surface area contributed by atoms with Gasteiger partial charge in [0.1, 0.15) is 5.75 Å². The molecule has 1 aliphatic rings. The number of methoxy groups -OCH3 is 1. The van der Waals surface area contributed by atoms with Crippen molar-refractivity contribution in [1.29, 1.82) is 0 Å². The van der Waals surface area contributed by atoms with E-state index in [0.29, 0.717) is 13.0 Å². The third-order valence-electron chi connectivity index (χ3n) is 2.82. The number of hydrogen-bond acceptors (Lipinski definition) is 3. The Bertz CT molecular complexity index is 339. The summed E-state index contributed by atoms with van der Waals surface area (Å²) in [7, 11) is 1.63. The molecule has 4 heteroatoms. The zero-order valence-corrected chi connectivity index (χ0v) is 9.85. The Balaban J connectivity index is 2.06. The van der Waals surface area contributed by atoms with Crippen LogP contribution in [0.5, 0.6) is 5.75 Å². The van der Waals surface area contributed by atoms with Crippen molar-refractivity contribution in [2.75, 3.05) is 13.7 Å². The van der Waals surface area contributed by atoms with Crippen LogP contribution < -0.4 is 4.74 Å². The molecule has 0 aliphatic carbocycles. The second-order valence-corrected chi connectivity index (χ2v) is 4.47. The number of halogens is 1. The number of rotatable bonds is 2. The number of aliphatic hydroxyl groups is 1. The van der Waals surface area contributed by atoms with Gasteiger partial charge in [-0.05, 0) is 17.7 Å². The van der Waals surface area contributed by atoms with Crippen molar-refractivity contribution in [2.45, 2.75) is 24.0 Å². The van der Waals surface area contributed by atoms with Crippen molar-refractivity contribution in [3.05, 3.63) is 29.8 Å². The molecule has 1 heterocycles. The van der Waals surface area contributed by atoms with Gasteiger partial charge in [-0.3, -0.25) is 0 Å². The zero-order valence-electron chi connectivity index (χ0n) is 9.10. The smallest absolute Gasteiger partial charge is 0.118 e. The van der Waals surface area contributed by atoms with Gasteiger partial charge in [-0.15, -0.1) is 11.6 Å². The van der Waals surface area contributed by atoms with Crippen molar-refractivity contribution >= 4 is 11.6 Å². The number of alkyl halides is 1. The molecule has 0 spiro atoms. The number of hydrogen-bond donors (Lipinski definition) is 1. The van der Waals surface area contributed by atoms with Gasteiger partial charge in [-0.25, -0.2) is 0 Å². The van der Waals surface area contributed by atoms with Crippen LogP contribution >= 0.6 is 11.6 Å². The van der Waals surface area contributed by atoms with Gasteiger partial charge in [0.25, 0.3) is 0 Å². The number of aliphatic hydroxyl groups excluding tert-OH is 1. The Morgan fingerprint density at radius 3 is 2.62 bits per heavy atom. The molecule has 0 saturated carbocycles. The maximum atomic E-state index is 9.67. The van der Waals surface area contributed by atoms with Gasteiger partial charge in [-0.2, -0.15) is 0 Å². The maximum Gasteiger partial charge on any atom is 0.118 e. The van der Waals surface area contributed by atoms with Crippen LogP contribution in [0.2, 0.25) is 0 Å². The van der Waals surface area contributed by atoms with Crippen molar-refractivity contribution in [3.8, 4) is 5.75 Å². The normalized spacial score (nSPS) is 30.1. The van der Waals surface area contributed by atoms with Gasteiger partial charge in [0.15, 0.2) is 0 Å². The first-order chi connectivity index (χ1) is 7.70. The molecule has 16 heavy (non-hydrogen) atoms. The fraction of sp³-hybridized carbons (Fsp3) is 0.500. The molecule has 0 unspecified atom stereocenters. The fourth-order valence-corrected chi connectivity index (χ4v) is 1.98. The number of benzene rings is 1. The molecule has 3 atom stereocenters. The molecule has 1 aromatic carbocycles. The van der Waals surface area contributed by atoms with Crippen molar-refractivity contribution in [3.63, 3.8) is 0 Å². The van der Waals surface area contributed by atoms with E-state index in [2.05, 4.69) is 0 Å². The molecule has 0 radical (unpaired) electrons. The van der Waals surface area contributed by atoms with Crippen molar-refractivity contribution in [1.82, 2.24) is 0 Å². The molecule has 0 bridgehead atoms. The summed E-state index contributed by atoms with van der Waals surface area (Å²) in [6, 6.07) is 7.67. The highest BCUT2D eigenvalue weighted by molar-refractivity contribution is 6.21. The third-order valence-corrected chi connectivity index (χ3v) is 3.23. The summed E-state index contributed by atoms with van der Waals surface area (Å²) in [5.74, 6) is 0.815. The van der Waals surface area contributed by atoms with E-state index in [1.165, 1.54) is 0 Å². The Hall–Kier alpha value is -0.770. The molecule has 0 aromatic heterocycles. The summed E-state index contributed by atoms with van der Waals surface area (Å²) >= 11 is 5.87. The Kier molecular flexibility index (Phi) is 3.69. The van der Waals surface area contributed by atoms with E-state index >= 15 is 0 Å². The second kappa shape index (κ2) is 5.04. The minimum absolute atomic E-state index is 0.0732. The highest BCUT2D eigenvalue weighted by Crippen LogP contribution is 2.30. The molecular formula is C12H15ClO3. The molecule has 1 aliphatic heterocycles. The quantitative estimate of drug-likeness (QED) is 0.808. The van der Waals surface area contributed by atoms with Gasteiger partial charge in [-0.1, -0.05) is 12.1 Å². The number of ether oxygens (including phenoxy) is 2. The molecule has 2 rings (SSSR count). The van der Waals surface area contributed by atoms with Gasteiger partial charge >= 0.3 is 0 Å². The zero-order chi connectivity index (χ0) is 11.5. The van der Waals surface area contributed by atoms with Crippen molar-refractivity contribution < 1.29 is 14.6 Å². The van der Waals surface area contributed by atoms with E-state index < -0.39 is 6.10 Å². The van der Waals surface area contributed by atoms with E-state index in [9.17, 15) is 5.11 Å². The summed E-state index contributed by atoms with van der Waals surface area (Å²) in [6.45, 7) is 0.388. The van der Waals surface area contributed by atoms with Crippen LogP contribution in [0.3, 0.4) is 0 Å². The first-order valence-corrected chi connectivity index (χ1v) is 5.72. The molecule has 88 valence electrons. The highest BCUT2D eigenvalue weighted by Gasteiger charge is 2.29. The van der Waals surface area contributed by atoms with Crippen molar-refractivity contribution in [2.24, 2.45) is 0 Å². The van der Waals surface area contributed by atoms with Crippen LogP contribution in [0.25, 0.3) is 0 Å². The monoisotopic (exact) mass is 242 g/mol. The van der Waals surface area contributed by atoms with Gasteiger partial charge in [0.05, 0.1) is 31.3 Å². The lowest BCUT2D eigenvalue weighted by Gasteiger charge is -2.30.